The summed E-state index contributed by atoms with van der Waals surface area (Å²) < 4.78 is 0. The topological polar surface area (TPSA) is 18.5 Å². The van der Waals surface area contributed by atoms with Gasteiger partial charge in [-0.15, -0.1) is 11.3 Å². The molecule has 1 unspecified atom stereocenters. The molecule has 4 heteroatoms. The van der Waals surface area contributed by atoms with E-state index in [2.05, 4.69) is 63.0 Å². The van der Waals surface area contributed by atoms with Crippen molar-refractivity contribution in [3.63, 3.8) is 0 Å². The van der Waals surface area contributed by atoms with Crippen molar-refractivity contribution < 1.29 is 0 Å². The molecule has 21 heavy (non-hydrogen) atoms. The number of nitrogens with one attached hydrogen (secondary N) is 1. The van der Waals surface area contributed by atoms with Crippen LogP contribution in [0.2, 0.25) is 0 Å². The summed E-state index contributed by atoms with van der Waals surface area (Å²) in [6.45, 7) is 13.5. The van der Waals surface area contributed by atoms with Gasteiger partial charge in [0.05, 0.1) is 0 Å². The number of thiophene rings is 1. The van der Waals surface area contributed by atoms with Crippen LogP contribution in [0.4, 0.5) is 0 Å². The molecule has 1 aliphatic rings. The zero-order valence-electron chi connectivity index (χ0n) is 14.5. The van der Waals surface area contributed by atoms with Crippen molar-refractivity contribution in [3.05, 3.63) is 21.4 Å². The van der Waals surface area contributed by atoms with Crippen LogP contribution in [0.25, 0.3) is 0 Å². The van der Waals surface area contributed by atoms with E-state index in [1.54, 1.807) is 0 Å². The molecular formula is C17H31N3S. The maximum Gasteiger partial charge on any atom is 0.0304 e. The molecule has 0 spiro atoms. The summed E-state index contributed by atoms with van der Waals surface area (Å²) in [6, 6.07) is 3.13. The lowest BCUT2D eigenvalue weighted by atomic mass is 10.1. The molecule has 1 fully saturated rings. The molecule has 1 aliphatic heterocycles. The molecule has 0 aromatic carbocycles. The highest BCUT2D eigenvalue weighted by molar-refractivity contribution is 7.12. The highest BCUT2D eigenvalue weighted by Gasteiger charge is 2.24. The Morgan fingerprint density at radius 3 is 2.67 bits per heavy atom. The Labute approximate surface area is 134 Å². The molecule has 2 heterocycles. The fourth-order valence-electron chi connectivity index (χ4n) is 2.80. The first kappa shape index (κ1) is 16.9. The standard InChI is InChI=1S/C17H31N3S/c1-13-14(9-16(21-13)10-18-17(2,3)4)11-20-8-7-15(12-20)19(5)6/h9,15,18H,7-8,10-12H2,1-6H3. The first-order valence-electron chi connectivity index (χ1n) is 7.96. The Morgan fingerprint density at radius 1 is 1.38 bits per heavy atom. The third-order valence-electron chi connectivity index (χ3n) is 4.24. The summed E-state index contributed by atoms with van der Waals surface area (Å²) in [5.74, 6) is 0. The van der Waals surface area contributed by atoms with Crippen LogP contribution in [0.15, 0.2) is 6.07 Å². The van der Waals surface area contributed by atoms with Crippen molar-refractivity contribution >= 4 is 11.3 Å². The monoisotopic (exact) mass is 309 g/mol. The fourth-order valence-corrected chi connectivity index (χ4v) is 3.80. The van der Waals surface area contributed by atoms with Crippen LogP contribution < -0.4 is 5.32 Å². The van der Waals surface area contributed by atoms with Gasteiger partial charge in [-0.05, 0) is 59.8 Å². The van der Waals surface area contributed by atoms with Gasteiger partial charge in [-0.1, -0.05) is 0 Å². The number of rotatable bonds is 5. The van der Waals surface area contributed by atoms with E-state index in [0.29, 0.717) is 0 Å². The maximum atomic E-state index is 3.58. The van der Waals surface area contributed by atoms with E-state index in [1.165, 1.54) is 34.8 Å². The Kier molecular flexibility index (Phi) is 5.47. The van der Waals surface area contributed by atoms with Gasteiger partial charge < -0.3 is 10.2 Å². The molecule has 0 saturated carbocycles. The zero-order valence-corrected chi connectivity index (χ0v) is 15.3. The zero-order chi connectivity index (χ0) is 15.6. The molecule has 1 aromatic heterocycles. The highest BCUT2D eigenvalue weighted by Crippen LogP contribution is 2.25. The van der Waals surface area contributed by atoms with Gasteiger partial charge in [0, 0.05) is 47.5 Å². The van der Waals surface area contributed by atoms with Crippen LogP contribution in [0.3, 0.4) is 0 Å². The fraction of sp³-hybridized carbons (Fsp3) is 0.765. The Hall–Kier alpha value is -0.420. The third-order valence-corrected chi connectivity index (χ3v) is 5.33. The minimum atomic E-state index is 0.186. The quantitative estimate of drug-likeness (QED) is 0.902. The molecule has 1 saturated heterocycles. The number of likely N-dealkylation sites (N-methyl/N-ethyl adjacent to an activating group) is 1. The summed E-state index contributed by atoms with van der Waals surface area (Å²) in [6.07, 6.45) is 1.30. The number of hydrogen-bond donors (Lipinski definition) is 1. The first-order chi connectivity index (χ1) is 9.74. The van der Waals surface area contributed by atoms with Gasteiger partial charge in [-0.2, -0.15) is 0 Å². The van der Waals surface area contributed by atoms with E-state index < -0.39 is 0 Å². The second-order valence-electron chi connectivity index (χ2n) is 7.54. The van der Waals surface area contributed by atoms with Gasteiger partial charge in [-0.25, -0.2) is 0 Å². The van der Waals surface area contributed by atoms with Crippen molar-refractivity contribution in [1.29, 1.82) is 0 Å². The van der Waals surface area contributed by atoms with Gasteiger partial charge in [-0.3, -0.25) is 4.90 Å². The van der Waals surface area contributed by atoms with Gasteiger partial charge in [0.15, 0.2) is 0 Å². The van der Waals surface area contributed by atoms with Crippen LogP contribution >= 0.6 is 11.3 Å². The van der Waals surface area contributed by atoms with Crippen molar-refractivity contribution in [3.8, 4) is 0 Å². The predicted molar refractivity (Wildman–Crippen MR) is 93.0 cm³/mol. The number of hydrogen-bond acceptors (Lipinski definition) is 4. The van der Waals surface area contributed by atoms with Crippen molar-refractivity contribution in [1.82, 2.24) is 15.1 Å². The lowest BCUT2D eigenvalue weighted by molar-refractivity contribution is 0.264. The minimum Gasteiger partial charge on any atom is -0.307 e. The third kappa shape index (κ3) is 5.06. The van der Waals surface area contributed by atoms with Crippen LogP contribution in [0.5, 0.6) is 0 Å². The van der Waals surface area contributed by atoms with E-state index in [9.17, 15) is 0 Å². The minimum absolute atomic E-state index is 0.186. The maximum absolute atomic E-state index is 3.58. The molecule has 0 amide bonds. The smallest absolute Gasteiger partial charge is 0.0304 e. The predicted octanol–water partition coefficient (Wildman–Crippen LogP) is 3.08. The molecule has 1 aromatic rings. The Morgan fingerprint density at radius 2 is 2.10 bits per heavy atom. The normalized spacial score (nSPS) is 20.6. The molecule has 1 atom stereocenters. The largest absolute Gasteiger partial charge is 0.307 e. The molecule has 1 N–H and O–H groups in total. The molecule has 0 radical (unpaired) electrons. The lowest BCUT2D eigenvalue weighted by Crippen LogP contribution is -2.34. The molecule has 3 nitrogen and oxygen atoms in total. The van der Waals surface area contributed by atoms with Crippen molar-refractivity contribution in [2.45, 2.75) is 58.8 Å². The van der Waals surface area contributed by atoms with Crippen LogP contribution in [-0.2, 0) is 13.1 Å². The summed E-state index contributed by atoms with van der Waals surface area (Å²) in [5, 5.41) is 3.58. The summed E-state index contributed by atoms with van der Waals surface area (Å²) in [7, 11) is 4.39. The van der Waals surface area contributed by atoms with Crippen molar-refractivity contribution in [2.75, 3.05) is 27.2 Å². The van der Waals surface area contributed by atoms with Crippen LogP contribution in [0.1, 0.15) is 42.5 Å². The molecule has 120 valence electrons. The first-order valence-corrected chi connectivity index (χ1v) is 8.78. The molecule has 0 aliphatic carbocycles. The molecular weight excluding hydrogens is 278 g/mol. The van der Waals surface area contributed by atoms with Crippen LogP contribution in [0, 0.1) is 6.92 Å². The number of aryl methyl sites for hydroxylation is 1. The summed E-state index contributed by atoms with van der Waals surface area (Å²) in [5.41, 5.74) is 1.71. The average Bonchev–Trinajstić information content (AvgIpc) is 2.95. The van der Waals surface area contributed by atoms with E-state index in [1.807, 2.05) is 11.3 Å². The molecule has 2 rings (SSSR count). The van der Waals surface area contributed by atoms with E-state index in [-0.39, 0.29) is 5.54 Å². The Balaban J connectivity index is 1.91. The van der Waals surface area contributed by atoms with Crippen LogP contribution in [-0.4, -0.2) is 48.6 Å². The van der Waals surface area contributed by atoms with Gasteiger partial charge in [0.1, 0.15) is 0 Å². The molecule has 0 bridgehead atoms. The summed E-state index contributed by atoms with van der Waals surface area (Å²) >= 11 is 1.95. The second kappa shape index (κ2) is 6.78. The lowest BCUT2D eigenvalue weighted by Gasteiger charge is -2.20. The second-order valence-corrected chi connectivity index (χ2v) is 8.88. The van der Waals surface area contributed by atoms with E-state index in [0.717, 1.165) is 19.1 Å². The SMILES string of the molecule is Cc1sc(CNC(C)(C)C)cc1CN1CCC(N(C)C)C1. The van der Waals surface area contributed by atoms with E-state index in [4.69, 9.17) is 0 Å². The van der Waals surface area contributed by atoms with Gasteiger partial charge in [0.2, 0.25) is 0 Å². The van der Waals surface area contributed by atoms with Gasteiger partial charge in [0.25, 0.3) is 0 Å². The van der Waals surface area contributed by atoms with Gasteiger partial charge >= 0.3 is 0 Å². The van der Waals surface area contributed by atoms with E-state index >= 15 is 0 Å². The average molecular weight is 310 g/mol. The highest BCUT2D eigenvalue weighted by atomic mass is 32.1. The number of likely N-dealkylation sites (tertiary alicyclic amines) is 1. The Bertz CT molecular complexity index is 459. The van der Waals surface area contributed by atoms with Crippen molar-refractivity contribution in [2.24, 2.45) is 0 Å². The number of nitrogens with zero attached hydrogens (tertiary/aromatic N) is 2. The summed E-state index contributed by atoms with van der Waals surface area (Å²) in [4.78, 5) is 7.90.